The van der Waals surface area contributed by atoms with Gasteiger partial charge in [0.05, 0.1) is 16.9 Å². The molecule has 0 aliphatic heterocycles. The lowest BCUT2D eigenvalue weighted by Gasteiger charge is -2.08. The van der Waals surface area contributed by atoms with Crippen molar-refractivity contribution in [3.63, 3.8) is 0 Å². The fraction of sp³-hybridized carbons (Fsp3) is 0.0556. The predicted octanol–water partition coefficient (Wildman–Crippen LogP) is 4.10. The molecule has 0 saturated carbocycles. The molecule has 126 valence electrons. The number of anilines is 1. The van der Waals surface area contributed by atoms with E-state index in [1.807, 2.05) is 31.2 Å². The van der Waals surface area contributed by atoms with Crippen LogP contribution in [0.2, 0.25) is 10.0 Å². The summed E-state index contributed by atoms with van der Waals surface area (Å²) in [7, 11) is 0. The minimum absolute atomic E-state index is 0.0945. The van der Waals surface area contributed by atoms with Crippen LogP contribution in [-0.4, -0.2) is 15.7 Å². The van der Waals surface area contributed by atoms with E-state index in [0.29, 0.717) is 16.9 Å². The summed E-state index contributed by atoms with van der Waals surface area (Å²) in [4.78, 5) is 24.4. The van der Waals surface area contributed by atoms with Gasteiger partial charge >= 0.3 is 0 Å². The summed E-state index contributed by atoms with van der Waals surface area (Å²) in [6.07, 6.45) is 1.29. The molecule has 0 saturated heterocycles. The fourth-order valence-electron chi connectivity index (χ4n) is 2.19. The third kappa shape index (κ3) is 3.73. The first-order valence-electron chi connectivity index (χ1n) is 7.37. The number of carbonyl (C=O) groups is 1. The minimum atomic E-state index is -0.522. The van der Waals surface area contributed by atoms with Crippen LogP contribution in [0.1, 0.15) is 15.9 Å². The van der Waals surface area contributed by atoms with E-state index >= 15 is 0 Å². The summed E-state index contributed by atoms with van der Waals surface area (Å²) in [5, 5.41) is 6.75. The summed E-state index contributed by atoms with van der Waals surface area (Å²) in [5.41, 5.74) is 2.24. The molecule has 5 nitrogen and oxygen atoms in total. The van der Waals surface area contributed by atoms with Gasteiger partial charge in [-0.25, -0.2) is 0 Å². The Hall–Kier alpha value is -2.63. The number of aromatic nitrogens is 2. The Balaban J connectivity index is 1.82. The third-order valence-corrected chi connectivity index (χ3v) is 4.31. The Kier molecular flexibility index (Phi) is 4.88. The second kappa shape index (κ2) is 7.09. The van der Waals surface area contributed by atoms with E-state index in [1.54, 1.807) is 24.3 Å². The first-order valence-corrected chi connectivity index (χ1v) is 8.13. The molecule has 1 amide bonds. The van der Waals surface area contributed by atoms with Crippen molar-refractivity contribution in [1.82, 2.24) is 9.78 Å². The van der Waals surface area contributed by atoms with Crippen molar-refractivity contribution in [3.05, 3.63) is 86.3 Å². The molecule has 3 rings (SSSR count). The number of carbonyl (C=O) groups excluding carboxylic acids is 1. The van der Waals surface area contributed by atoms with Gasteiger partial charge in [-0.05, 0) is 43.3 Å². The predicted molar refractivity (Wildman–Crippen MR) is 99.0 cm³/mol. The topological polar surface area (TPSA) is 64.0 Å². The Bertz CT molecular complexity index is 981. The number of nitrogens with one attached hydrogen (secondary N) is 1. The Morgan fingerprint density at radius 2 is 1.68 bits per heavy atom. The van der Waals surface area contributed by atoms with Crippen LogP contribution in [0.15, 0.2) is 59.5 Å². The molecule has 3 aromatic rings. The maximum Gasteiger partial charge on any atom is 0.291 e. The van der Waals surface area contributed by atoms with Gasteiger partial charge in [-0.15, -0.1) is 0 Å². The number of amides is 1. The van der Waals surface area contributed by atoms with Gasteiger partial charge in [0, 0.05) is 11.3 Å². The van der Waals surface area contributed by atoms with Gasteiger partial charge in [0.15, 0.2) is 0 Å². The van der Waals surface area contributed by atoms with Crippen LogP contribution < -0.4 is 10.9 Å². The molecule has 0 aliphatic carbocycles. The summed E-state index contributed by atoms with van der Waals surface area (Å²) in [6, 6.07) is 13.9. The molecule has 1 aromatic heterocycles. The third-order valence-electron chi connectivity index (χ3n) is 3.56. The van der Waals surface area contributed by atoms with Gasteiger partial charge in [-0.3, -0.25) is 9.59 Å². The second-order valence-corrected chi connectivity index (χ2v) is 6.18. The number of rotatable bonds is 3. The van der Waals surface area contributed by atoms with Crippen molar-refractivity contribution in [3.8, 4) is 5.69 Å². The van der Waals surface area contributed by atoms with Crippen LogP contribution in [0.25, 0.3) is 5.69 Å². The van der Waals surface area contributed by atoms with Crippen LogP contribution in [0, 0.1) is 6.92 Å². The molecule has 25 heavy (non-hydrogen) atoms. The molecule has 0 aliphatic rings. The summed E-state index contributed by atoms with van der Waals surface area (Å²) in [5.74, 6) is -0.246. The van der Waals surface area contributed by atoms with Crippen molar-refractivity contribution < 1.29 is 4.79 Å². The number of halogens is 2. The highest BCUT2D eigenvalue weighted by atomic mass is 35.5. The average Bonchev–Trinajstić information content (AvgIpc) is 2.62. The molecule has 0 fully saturated rings. The number of nitrogens with zero attached hydrogens (tertiary/aromatic N) is 2. The minimum Gasteiger partial charge on any atom is -0.322 e. The first kappa shape index (κ1) is 17.2. The monoisotopic (exact) mass is 373 g/mol. The molecule has 1 heterocycles. The van der Waals surface area contributed by atoms with Crippen LogP contribution in [-0.2, 0) is 0 Å². The highest BCUT2D eigenvalue weighted by Crippen LogP contribution is 2.17. The lowest BCUT2D eigenvalue weighted by molar-refractivity contribution is 0.102. The zero-order valence-corrected chi connectivity index (χ0v) is 14.7. The van der Waals surface area contributed by atoms with Gasteiger partial charge in [-0.1, -0.05) is 40.9 Å². The van der Waals surface area contributed by atoms with Gasteiger partial charge in [0.25, 0.3) is 11.5 Å². The SMILES string of the molecule is Cc1ccc(NC(=O)c2ccc(-n3ncc(Cl)c(Cl)c3=O)cc2)cc1. The van der Waals surface area contributed by atoms with Gasteiger partial charge < -0.3 is 5.32 Å². The quantitative estimate of drug-likeness (QED) is 0.751. The smallest absolute Gasteiger partial charge is 0.291 e. The lowest BCUT2D eigenvalue weighted by Crippen LogP contribution is -2.21. The number of hydrogen-bond donors (Lipinski definition) is 1. The second-order valence-electron chi connectivity index (χ2n) is 5.39. The summed E-state index contributed by atoms with van der Waals surface area (Å²) in [6.45, 7) is 1.98. The van der Waals surface area contributed by atoms with E-state index < -0.39 is 5.56 Å². The average molecular weight is 374 g/mol. The maximum absolute atomic E-state index is 12.3. The highest BCUT2D eigenvalue weighted by molar-refractivity contribution is 6.41. The standard InChI is InChI=1S/C18H13Cl2N3O2/c1-11-2-6-13(7-3-11)22-17(24)12-4-8-14(9-5-12)23-18(25)16(20)15(19)10-21-23/h2-10H,1H3,(H,22,24). The molecular weight excluding hydrogens is 361 g/mol. The summed E-state index contributed by atoms with van der Waals surface area (Å²) >= 11 is 11.6. The van der Waals surface area contributed by atoms with Gasteiger partial charge in [0.2, 0.25) is 0 Å². The largest absolute Gasteiger partial charge is 0.322 e. The zero-order chi connectivity index (χ0) is 18.0. The molecule has 0 bridgehead atoms. The Morgan fingerprint density at radius 3 is 2.32 bits per heavy atom. The van der Waals surface area contributed by atoms with E-state index in [0.717, 1.165) is 10.2 Å². The molecule has 0 unspecified atom stereocenters. The lowest BCUT2D eigenvalue weighted by atomic mass is 10.1. The normalized spacial score (nSPS) is 10.5. The van der Waals surface area contributed by atoms with Crippen molar-refractivity contribution in [2.75, 3.05) is 5.32 Å². The molecule has 0 atom stereocenters. The summed E-state index contributed by atoms with van der Waals surface area (Å²) < 4.78 is 1.12. The van der Waals surface area contributed by atoms with Gasteiger partial charge in [0.1, 0.15) is 5.02 Å². The van der Waals surface area contributed by atoms with Crippen molar-refractivity contribution >= 4 is 34.8 Å². The highest BCUT2D eigenvalue weighted by Gasteiger charge is 2.11. The first-order chi connectivity index (χ1) is 12.0. The Morgan fingerprint density at radius 1 is 1.04 bits per heavy atom. The Labute approximate surface area is 153 Å². The van der Waals surface area contributed by atoms with E-state index in [9.17, 15) is 9.59 Å². The maximum atomic E-state index is 12.3. The van der Waals surface area contributed by atoms with Crippen molar-refractivity contribution in [2.24, 2.45) is 0 Å². The van der Waals surface area contributed by atoms with Crippen LogP contribution in [0.5, 0.6) is 0 Å². The van der Waals surface area contributed by atoms with Gasteiger partial charge in [-0.2, -0.15) is 9.78 Å². The van der Waals surface area contributed by atoms with E-state index in [-0.39, 0.29) is 16.0 Å². The number of aryl methyl sites for hydroxylation is 1. The van der Waals surface area contributed by atoms with E-state index in [1.165, 1.54) is 6.20 Å². The van der Waals surface area contributed by atoms with Crippen molar-refractivity contribution in [1.29, 1.82) is 0 Å². The number of benzene rings is 2. The van der Waals surface area contributed by atoms with Crippen LogP contribution >= 0.6 is 23.2 Å². The van der Waals surface area contributed by atoms with Crippen molar-refractivity contribution in [2.45, 2.75) is 6.92 Å². The molecule has 0 spiro atoms. The number of hydrogen-bond acceptors (Lipinski definition) is 3. The van der Waals surface area contributed by atoms with E-state index in [2.05, 4.69) is 10.4 Å². The van der Waals surface area contributed by atoms with Crippen LogP contribution in [0.3, 0.4) is 0 Å². The molecule has 0 radical (unpaired) electrons. The molecule has 7 heteroatoms. The zero-order valence-electron chi connectivity index (χ0n) is 13.2. The molecule has 1 N–H and O–H groups in total. The molecule has 2 aromatic carbocycles. The van der Waals surface area contributed by atoms with Crippen LogP contribution in [0.4, 0.5) is 5.69 Å². The van der Waals surface area contributed by atoms with E-state index in [4.69, 9.17) is 23.2 Å². The molecular formula is C18H13Cl2N3O2. The fourth-order valence-corrected chi connectivity index (χ4v) is 2.44.